The van der Waals surface area contributed by atoms with Crippen LogP contribution in [0.3, 0.4) is 0 Å². The van der Waals surface area contributed by atoms with Crippen LogP contribution in [0.15, 0.2) is 45.5 Å². The summed E-state index contributed by atoms with van der Waals surface area (Å²) < 4.78 is 64.2. The number of sulfonamides is 1. The predicted molar refractivity (Wildman–Crippen MR) is 89.8 cm³/mol. The standard InChI is InChI=1S/C15H16FNO4S3/c1-2-12-5-8-15(22-12)24(20,21)17-9-14(10-17)23(18,19)13-6-3-11(16)4-7-13/h3-8,14H,2,9-10H2,1H3. The van der Waals surface area contributed by atoms with Gasteiger partial charge in [0.15, 0.2) is 9.84 Å². The van der Waals surface area contributed by atoms with Gasteiger partial charge in [0.1, 0.15) is 10.0 Å². The first-order valence-corrected chi connectivity index (χ1v) is 11.1. The summed E-state index contributed by atoms with van der Waals surface area (Å²) in [7, 11) is -7.31. The lowest BCUT2D eigenvalue weighted by Crippen LogP contribution is -2.56. The number of hydrogen-bond donors (Lipinski definition) is 0. The summed E-state index contributed by atoms with van der Waals surface area (Å²) in [5.41, 5.74) is 0. The molecule has 1 aromatic carbocycles. The van der Waals surface area contributed by atoms with E-state index in [0.29, 0.717) is 0 Å². The minimum absolute atomic E-state index is 0.00957. The number of benzene rings is 1. The van der Waals surface area contributed by atoms with E-state index in [9.17, 15) is 21.2 Å². The van der Waals surface area contributed by atoms with Crippen LogP contribution in [0.2, 0.25) is 0 Å². The summed E-state index contributed by atoms with van der Waals surface area (Å²) in [6, 6.07) is 7.89. The Labute approximate surface area is 144 Å². The Morgan fingerprint density at radius 1 is 1.08 bits per heavy atom. The van der Waals surface area contributed by atoms with E-state index >= 15 is 0 Å². The van der Waals surface area contributed by atoms with Crippen molar-refractivity contribution in [3.05, 3.63) is 47.1 Å². The van der Waals surface area contributed by atoms with E-state index in [4.69, 9.17) is 0 Å². The second-order valence-electron chi connectivity index (χ2n) is 5.52. The predicted octanol–water partition coefficient (Wildman–Crippen LogP) is 2.30. The number of hydrogen-bond acceptors (Lipinski definition) is 5. The van der Waals surface area contributed by atoms with Crippen LogP contribution in [0.5, 0.6) is 0 Å². The van der Waals surface area contributed by atoms with Crippen molar-refractivity contribution in [2.75, 3.05) is 13.1 Å². The molecular formula is C15H16FNO4S3. The van der Waals surface area contributed by atoms with Crippen LogP contribution in [-0.2, 0) is 26.3 Å². The Morgan fingerprint density at radius 3 is 2.25 bits per heavy atom. The summed E-state index contributed by atoms with van der Waals surface area (Å²) in [6.45, 7) is 1.78. The Bertz CT molecular complexity index is 943. The second kappa shape index (κ2) is 6.21. The number of rotatable bonds is 5. The van der Waals surface area contributed by atoms with E-state index in [-0.39, 0.29) is 22.2 Å². The van der Waals surface area contributed by atoms with E-state index in [1.165, 1.54) is 27.8 Å². The maximum Gasteiger partial charge on any atom is 0.252 e. The molecule has 0 aliphatic carbocycles. The van der Waals surface area contributed by atoms with Crippen molar-refractivity contribution in [2.24, 2.45) is 0 Å². The summed E-state index contributed by atoms with van der Waals surface area (Å²) >= 11 is 1.20. The molecule has 2 heterocycles. The van der Waals surface area contributed by atoms with Gasteiger partial charge in [-0.25, -0.2) is 21.2 Å². The van der Waals surface area contributed by atoms with Crippen molar-refractivity contribution < 1.29 is 21.2 Å². The van der Waals surface area contributed by atoms with Gasteiger partial charge in [-0.2, -0.15) is 4.31 Å². The number of sulfone groups is 1. The number of halogens is 1. The minimum atomic E-state index is -3.66. The van der Waals surface area contributed by atoms with Crippen LogP contribution in [0.25, 0.3) is 0 Å². The van der Waals surface area contributed by atoms with Gasteiger partial charge in [-0.15, -0.1) is 11.3 Å². The third-order valence-corrected chi connectivity index (χ3v) is 9.61. The fourth-order valence-corrected chi connectivity index (χ4v) is 7.25. The molecule has 5 nitrogen and oxygen atoms in total. The van der Waals surface area contributed by atoms with Crippen molar-refractivity contribution in [1.29, 1.82) is 0 Å². The van der Waals surface area contributed by atoms with Crippen molar-refractivity contribution in [3.8, 4) is 0 Å². The van der Waals surface area contributed by atoms with E-state index in [1.807, 2.05) is 6.92 Å². The van der Waals surface area contributed by atoms with Gasteiger partial charge in [-0.05, 0) is 42.8 Å². The molecule has 1 aliphatic heterocycles. The van der Waals surface area contributed by atoms with E-state index in [1.54, 1.807) is 12.1 Å². The Balaban J connectivity index is 1.75. The molecule has 0 amide bonds. The molecule has 0 unspecified atom stereocenters. The molecular weight excluding hydrogens is 373 g/mol. The molecule has 3 rings (SSSR count). The van der Waals surface area contributed by atoms with Gasteiger partial charge < -0.3 is 0 Å². The molecule has 0 N–H and O–H groups in total. The summed E-state index contributed by atoms with van der Waals surface area (Å²) in [6.07, 6.45) is 0.752. The normalized spacial score (nSPS) is 16.9. The van der Waals surface area contributed by atoms with Crippen molar-refractivity contribution in [1.82, 2.24) is 4.31 Å². The third kappa shape index (κ3) is 3.01. The molecule has 24 heavy (non-hydrogen) atoms. The monoisotopic (exact) mass is 389 g/mol. The Morgan fingerprint density at radius 2 is 1.71 bits per heavy atom. The van der Waals surface area contributed by atoms with Crippen LogP contribution in [0, 0.1) is 5.82 Å². The highest BCUT2D eigenvalue weighted by atomic mass is 32.2. The number of nitrogens with zero attached hydrogens (tertiary/aromatic N) is 1. The van der Waals surface area contributed by atoms with Gasteiger partial charge in [0.05, 0.1) is 10.1 Å². The van der Waals surface area contributed by atoms with Crippen LogP contribution < -0.4 is 0 Å². The van der Waals surface area contributed by atoms with Crippen LogP contribution in [-0.4, -0.2) is 39.5 Å². The van der Waals surface area contributed by atoms with Crippen molar-refractivity contribution in [3.63, 3.8) is 0 Å². The second-order valence-corrected chi connectivity index (χ2v) is 11.1. The van der Waals surface area contributed by atoms with Gasteiger partial charge >= 0.3 is 0 Å². The molecule has 1 aliphatic rings. The summed E-state index contributed by atoms with van der Waals surface area (Å²) in [5.74, 6) is -0.517. The molecule has 1 fully saturated rings. The minimum Gasteiger partial charge on any atom is -0.223 e. The van der Waals surface area contributed by atoms with Crippen LogP contribution in [0.4, 0.5) is 4.39 Å². The molecule has 1 saturated heterocycles. The first-order chi connectivity index (χ1) is 11.2. The van der Waals surface area contributed by atoms with E-state index in [2.05, 4.69) is 0 Å². The number of aryl methyl sites for hydroxylation is 1. The smallest absolute Gasteiger partial charge is 0.223 e. The Hall–Kier alpha value is -1.29. The SMILES string of the molecule is CCc1ccc(S(=O)(=O)N2CC(S(=O)(=O)c3ccc(F)cc3)C2)s1. The highest BCUT2D eigenvalue weighted by Gasteiger charge is 2.44. The van der Waals surface area contributed by atoms with E-state index in [0.717, 1.165) is 23.4 Å². The zero-order chi connectivity index (χ0) is 17.5. The first-order valence-electron chi connectivity index (χ1n) is 7.33. The summed E-state index contributed by atoms with van der Waals surface area (Å²) in [4.78, 5) is 0.972. The lowest BCUT2D eigenvalue weighted by Gasteiger charge is -2.37. The molecule has 2 aromatic rings. The Kier molecular flexibility index (Phi) is 4.54. The molecule has 1 aromatic heterocycles. The molecule has 0 saturated carbocycles. The lowest BCUT2D eigenvalue weighted by atomic mass is 10.3. The topological polar surface area (TPSA) is 71.5 Å². The van der Waals surface area contributed by atoms with E-state index < -0.39 is 30.9 Å². The molecule has 0 atom stereocenters. The average molecular weight is 389 g/mol. The summed E-state index contributed by atoms with van der Waals surface area (Å²) in [5, 5.41) is -0.802. The fraction of sp³-hybridized carbons (Fsp3) is 0.333. The van der Waals surface area contributed by atoms with Crippen molar-refractivity contribution in [2.45, 2.75) is 27.7 Å². The largest absolute Gasteiger partial charge is 0.252 e. The van der Waals surface area contributed by atoms with Crippen LogP contribution >= 0.6 is 11.3 Å². The van der Waals surface area contributed by atoms with Gasteiger partial charge in [-0.1, -0.05) is 6.92 Å². The molecule has 9 heteroatoms. The van der Waals surface area contributed by atoms with Crippen molar-refractivity contribution >= 4 is 31.2 Å². The molecule has 0 spiro atoms. The maximum absolute atomic E-state index is 12.9. The quantitative estimate of drug-likeness (QED) is 0.736. The maximum atomic E-state index is 12.9. The highest BCUT2D eigenvalue weighted by molar-refractivity contribution is 7.93. The van der Waals surface area contributed by atoms with Gasteiger partial charge in [0.2, 0.25) is 0 Å². The fourth-order valence-electron chi connectivity index (χ4n) is 2.42. The number of thiophene rings is 1. The van der Waals surface area contributed by atoms with Gasteiger partial charge in [-0.3, -0.25) is 0 Å². The van der Waals surface area contributed by atoms with Gasteiger partial charge in [0, 0.05) is 18.0 Å². The van der Waals surface area contributed by atoms with Crippen LogP contribution in [0.1, 0.15) is 11.8 Å². The average Bonchev–Trinajstić information content (AvgIpc) is 2.95. The molecule has 130 valence electrons. The third-order valence-electron chi connectivity index (χ3n) is 3.98. The first kappa shape index (κ1) is 17.5. The zero-order valence-electron chi connectivity index (χ0n) is 12.8. The molecule has 0 radical (unpaired) electrons. The highest BCUT2D eigenvalue weighted by Crippen LogP contribution is 2.31. The molecule has 0 bridgehead atoms. The lowest BCUT2D eigenvalue weighted by molar-refractivity contribution is 0.310. The van der Waals surface area contributed by atoms with Gasteiger partial charge in [0.25, 0.3) is 10.0 Å². The zero-order valence-corrected chi connectivity index (χ0v) is 15.3.